The van der Waals surface area contributed by atoms with Crippen LogP contribution in [0.4, 0.5) is 4.79 Å². The average molecular weight is 452 g/mol. The monoisotopic (exact) mass is 451 g/mol. The molecule has 0 saturated carbocycles. The van der Waals surface area contributed by atoms with Gasteiger partial charge in [-0.2, -0.15) is 0 Å². The lowest BCUT2D eigenvalue weighted by Gasteiger charge is -2.34. The van der Waals surface area contributed by atoms with Crippen LogP contribution >= 0.6 is 11.6 Å². The Balaban J connectivity index is 1.81. The lowest BCUT2D eigenvalue weighted by molar-refractivity contribution is -0.0415. The van der Waals surface area contributed by atoms with E-state index in [9.17, 15) is 4.79 Å². The van der Waals surface area contributed by atoms with E-state index in [1.165, 1.54) is 0 Å². The number of amides is 1. The van der Waals surface area contributed by atoms with Crippen molar-refractivity contribution in [3.63, 3.8) is 0 Å². The minimum Gasteiger partial charge on any atom is -0.444 e. The highest BCUT2D eigenvalue weighted by molar-refractivity contribution is 6.63. The first-order valence-electron chi connectivity index (χ1n) is 10.9. The SMILES string of the molecule is Cc1cc(Cl)cc(B2OC(C)(C)C(C)(C)O2)c1C[C@@H]1CN(C(=O)OC(C)(C)C)CCO1. The van der Waals surface area contributed by atoms with E-state index in [0.29, 0.717) is 31.1 Å². The molecule has 0 spiro atoms. The van der Waals surface area contributed by atoms with Gasteiger partial charge in [0.25, 0.3) is 0 Å². The van der Waals surface area contributed by atoms with Crippen LogP contribution in [-0.4, -0.2) is 60.7 Å². The molecule has 0 bridgehead atoms. The first-order valence-corrected chi connectivity index (χ1v) is 11.3. The van der Waals surface area contributed by atoms with E-state index in [0.717, 1.165) is 16.6 Å². The molecule has 1 aromatic rings. The zero-order valence-electron chi connectivity index (χ0n) is 20.0. The quantitative estimate of drug-likeness (QED) is 0.647. The predicted octanol–water partition coefficient (Wildman–Crippen LogP) is 4.13. The van der Waals surface area contributed by atoms with Gasteiger partial charge in [-0.1, -0.05) is 11.6 Å². The normalized spacial score (nSPS) is 23.2. The lowest BCUT2D eigenvalue weighted by Crippen LogP contribution is -2.49. The van der Waals surface area contributed by atoms with Crippen molar-refractivity contribution in [2.24, 2.45) is 0 Å². The van der Waals surface area contributed by atoms with E-state index in [2.05, 4.69) is 0 Å². The summed E-state index contributed by atoms with van der Waals surface area (Å²) >= 11 is 6.40. The largest absolute Gasteiger partial charge is 0.495 e. The molecule has 2 saturated heterocycles. The van der Waals surface area contributed by atoms with E-state index in [1.54, 1.807) is 4.90 Å². The summed E-state index contributed by atoms with van der Waals surface area (Å²) in [5.41, 5.74) is 1.64. The van der Waals surface area contributed by atoms with E-state index in [1.807, 2.05) is 67.5 Å². The zero-order valence-corrected chi connectivity index (χ0v) is 20.8. The van der Waals surface area contributed by atoms with Crippen molar-refractivity contribution in [3.8, 4) is 0 Å². The maximum atomic E-state index is 12.5. The Kier molecular flexibility index (Phi) is 6.75. The van der Waals surface area contributed by atoms with Gasteiger partial charge in [0, 0.05) is 18.0 Å². The number of halogens is 1. The smallest absolute Gasteiger partial charge is 0.444 e. The Morgan fingerprint density at radius 1 is 1.23 bits per heavy atom. The molecule has 6 nitrogen and oxygen atoms in total. The third-order valence-corrected chi connectivity index (χ3v) is 6.42. The topological polar surface area (TPSA) is 57.2 Å². The molecule has 0 aliphatic carbocycles. The van der Waals surface area contributed by atoms with Gasteiger partial charge in [0.1, 0.15) is 5.60 Å². The van der Waals surface area contributed by atoms with Crippen molar-refractivity contribution in [1.82, 2.24) is 4.90 Å². The summed E-state index contributed by atoms with van der Waals surface area (Å²) < 4.78 is 24.1. The lowest BCUT2D eigenvalue weighted by atomic mass is 9.73. The van der Waals surface area contributed by atoms with Crippen molar-refractivity contribution in [2.75, 3.05) is 19.7 Å². The summed E-state index contributed by atoms with van der Waals surface area (Å²) in [6.07, 6.45) is 0.170. The highest BCUT2D eigenvalue weighted by atomic mass is 35.5. The third-order valence-electron chi connectivity index (χ3n) is 6.20. The number of rotatable bonds is 3. The van der Waals surface area contributed by atoms with Gasteiger partial charge in [0.2, 0.25) is 0 Å². The third kappa shape index (κ3) is 5.56. The molecular formula is C23H35BClNO5. The first-order chi connectivity index (χ1) is 14.2. The van der Waals surface area contributed by atoms with Gasteiger partial charge in [-0.15, -0.1) is 0 Å². The molecule has 31 heavy (non-hydrogen) atoms. The highest BCUT2D eigenvalue weighted by Crippen LogP contribution is 2.37. The van der Waals surface area contributed by atoms with Gasteiger partial charge in [-0.3, -0.25) is 0 Å². The first kappa shape index (κ1) is 24.4. The van der Waals surface area contributed by atoms with Crippen LogP contribution < -0.4 is 5.46 Å². The molecule has 0 N–H and O–H groups in total. The molecule has 0 aromatic heterocycles. The second-order valence-electron chi connectivity index (χ2n) is 10.5. The van der Waals surface area contributed by atoms with Crippen molar-refractivity contribution in [1.29, 1.82) is 0 Å². The van der Waals surface area contributed by atoms with Gasteiger partial charge in [0.05, 0.1) is 30.5 Å². The van der Waals surface area contributed by atoms with Gasteiger partial charge in [-0.05, 0) is 84.1 Å². The summed E-state index contributed by atoms with van der Waals surface area (Å²) in [4.78, 5) is 14.3. The molecule has 1 atom stereocenters. The van der Waals surface area contributed by atoms with Crippen molar-refractivity contribution < 1.29 is 23.6 Å². The Hall–Kier alpha value is -1.28. The standard InChI is InChI=1S/C23H35BClNO5/c1-15-11-16(25)12-19(24-30-22(5,6)23(7,8)31-24)18(15)13-17-14-26(9-10-28-17)20(27)29-21(2,3)4/h11-12,17H,9-10,13-14H2,1-8H3/t17-/m1/s1. The molecule has 8 heteroatoms. The fraction of sp³-hybridized carbons (Fsp3) is 0.696. The molecule has 3 rings (SSSR count). The van der Waals surface area contributed by atoms with E-state index < -0.39 is 23.9 Å². The molecule has 172 valence electrons. The number of carbonyl (C=O) groups excluding carboxylic acids is 1. The molecule has 1 amide bonds. The number of hydrogen-bond acceptors (Lipinski definition) is 5. The van der Waals surface area contributed by atoms with Gasteiger partial charge < -0.3 is 23.7 Å². The average Bonchev–Trinajstić information content (AvgIpc) is 2.83. The number of aryl methyl sites for hydroxylation is 1. The van der Waals surface area contributed by atoms with Crippen LogP contribution in [0.5, 0.6) is 0 Å². The number of nitrogens with zero attached hydrogens (tertiary/aromatic N) is 1. The zero-order chi connectivity index (χ0) is 23.2. The second kappa shape index (κ2) is 8.58. The Labute approximate surface area is 191 Å². The summed E-state index contributed by atoms with van der Waals surface area (Å²) in [7, 11) is -0.511. The molecular weight excluding hydrogens is 417 g/mol. The summed E-state index contributed by atoms with van der Waals surface area (Å²) in [5.74, 6) is 0. The molecule has 1 aromatic carbocycles. The fourth-order valence-electron chi connectivity index (χ4n) is 3.82. The van der Waals surface area contributed by atoms with Crippen molar-refractivity contribution in [2.45, 2.75) is 84.7 Å². The molecule has 2 aliphatic rings. The molecule has 0 radical (unpaired) electrons. The van der Waals surface area contributed by atoms with Crippen LogP contribution in [0.1, 0.15) is 59.6 Å². The summed E-state index contributed by atoms with van der Waals surface area (Å²) in [5, 5.41) is 0.644. The summed E-state index contributed by atoms with van der Waals surface area (Å²) in [6.45, 7) is 17.3. The number of hydrogen-bond donors (Lipinski definition) is 0. The van der Waals surface area contributed by atoms with Gasteiger partial charge >= 0.3 is 13.2 Å². The van der Waals surface area contributed by atoms with Crippen LogP contribution in [0.15, 0.2) is 12.1 Å². The van der Waals surface area contributed by atoms with Crippen LogP contribution in [0, 0.1) is 6.92 Å². The van der Waals surface area contributed by atoms with E-state index >= 15 is 0 Å². The second-order valence-corrected chi connectivity index (χ2v) is 10.9. The molecule has 2 aliphatic heterocycles. The number of morpholine rings is 1. The Morgan fingerprint density at radius 3 is 2.42 bits per heavy atom. The van der Waals surface area contributed by atoms with Gasteiger partial charge in [-0.25, -0.2) is 4.79 Å². The predicted molar refractivity (Wildman–Crippen MR) is 123 cm³/mol. The van der Waals surface area contributed by atoms with Gasteiger partial charge in [0.15, 0.2) is 0 Å². The minimum absolute atomic E-state index is 0.151. The number of benzene rings is 1. The fourth-order valence-corrected chi connectivity index (χ4v) is 4.10. The minimum atomic E-state index is -0.526. The van der Waals surface area contributed by atoms with Crippen molar-refractivity contribution in [3.05, 3.63) is 28.3 Å². The number of ether oxygens (including phenoxy) is 2. The maximum absolute atomic E-state index is 12.5. The Morgan fingerprint density at radius 2 is 1.84 bits per heavy atom. The molecule has 0 unspecified atom stereocenters. The van der Waals surface area contributed by atoms with Crippen LogP contribution in [-0.2, 0) is 25.2 Å². The van der Waals surface area contributed by atoms with Crippen LogP contribution in [0.25, 0.3) is 0 Å². The Bertz CT molecular complexity index is 820. The molecule has 2 fully saturated rings. The van der Waals surface area contributed by atoms with E-state index in [-0.39, 0.29) is 12.2 Å². The highest BCUT2D eigenvalue weighted by Gasteiger charge is 2.52. The maximum Gasteiger partial charge on any atom is 0.495 e. The number of carbonyl (C=O) groups is 1. The van der Waals surface area contributed by atoms with Crippen LogP contribution in [0.3, 0.4) is 0 Å². The van der Waals surface area contributed by atoms with Crippen molar-refractivity contribution >= 4 is 30.3 Å². The summed E-state index contributed by atoms with van der Waals surface area (Å²) in [6, 6.07) is 3.86. The van der Waals surface area contributed by atoms with E-state index in [4.69, 9.17) is 30.4 Å². The molecule has 2 heterocycles. The van der Waals surface area contributed by atoms with Crippen LogP contribution in [0.2, 0.25) is 5.02 Å².